The third-order valence-corrected chi connectivity index (χ3v) is 3.86. The van der Waals surface area contributed by atoms with Crippen molar-refractivity contribution in [3.63, 3.8) is 0 Å². The van der Waals surface area contributed by atoms with Crippen molar-refractivity contribution < 1.29 is 0 Å². The number of nitrogens with two attached hydrogens (primary N) is 1. The first-order valence-electron chi connectivity index (χ1n) is 7.25. The molecule has 0 fully saturated rings. The van der Waals surface area contributed by atoms with E-state index in [1.165, 1.54) is 12.6 Å². The summed E-state index contributed by atoms with van der Waals surface area (Å²) in [6.45, 7) is 16.8. The number of hydrogen-bond donors (Lipinski definition) is 1. The lowest BCUT2D eigenvalue weighted by molar-refractivity contribution is 0.467. The predicted molar refractivity (Wildman–Crippen MR) is 83.4 cm³/mol. The van der Waals surface area contributed by atoms with Crippen LogP contribution in [0.2, 0.25) is 24.3 Å². The van der Waals surface area contributed by atoms with Crippen LogP contribution in [-0.2, 0) is 0 Å². The van der Waals surface area contributed by atoms with Crippen LogP contribution in [0.3, 0.4) is 0 Å². The molecule has 2 unspecified atom stereocenters. The maximum Gasteiger partial charge on any atom is 0.145 e. The standard InChI is InChI=1S/C14H32B2N/c1-8-15-14(7,17)10-12(3)11-16(9-2)13(4,5)6/h12H,8-11,17H2,1-7H3. The molecule has 0 aromatic heterocycles. The van der Waals surface area contributed by atoms with Crippen LogP contribution < -0.4 is 5.73 Å². The van der Waals surface area contributed by atoms with E-state index >= 15 is 0 Å². The van der Waals surface area contributed by atoms with E-state index in [1.807, 2.05) is 0 Å². The summed E-state index contributed by atoms with van der Waals surface area (Å²) in [5, 5.41) is 0.419. The maximum atomic E-state index is 6.30. The lowest BCUT2D eigenvalue weighted by Gasteiger charge is -2.32. The van der Waals surface area contributed by atoms with Gasteiger partial charge in [0.05, 0.1) is 0 Å². The van der Waals surface area contributed by atoms with Gasteiger partial charge in [0.25, 0.3) is 0 Å². The van der Waals surface area contributed by atoms with Crippen molar-refractivity contribution in [2.24, 2.45) is 11.7 Å². The second-order valence-electron chi connectivity index (χ2n) is 7.13. The van der Waals surface area contributed by atoms with Crippen LogP contribution >= 0.6 is 0 Å². The van der Waals surface area contributed by atoms with Crippen LogP contribution in [0.25, 0.3) is 0 Å². The van der Waals surface area contributed by atoms with Crippen molar-refractivity contribution in [3.8, 4) is 0 Å². The van der Waals surface area contributed by atoms with Crippen LogP contribution in [-0.4, -0.2) is 19.4 Å². The molecular formula is C14H32B2N. The van der Waals surface area contributed by atoms with Crippen molar-refractivity contribution in [2.45, 2.75) is 84.6 Å². The maximum absolute atomic E-state index is 6.30. The SMILES string of the molecule is CC[B]C(C)(N)CC(C)CB(CC)C(C)(C)C. The molecule has 0 aromatic carbocycles. The highest BCUT2D eigenvalue weighted by atomic mass is 14.7. The molecule has 0 spiro atoms. The molecule has 2 N–H and O–H groups in total. The Labute approximate surface area is 111 Å². The lowest BCUT2D eigenvalue weighted by Crippen LogP contribution is -2.44. The molecule has 0 aliphatic heterocycles. The zero-order valence-electron chi connectivity index (χ0n) is 13.1. The minimum atomic E-state index is -0.0929. The van der Waals surface area contributed by atoms with E-state index in [1.54, 1.807) is 0 Å². The van der Waals surface area contributed by atoms with Gasteiger partial charge in [-0.3, -0.25) is 0 Å². The van der Waals surface area contributed by atoms with E-state index in [-0.39, 0.29) is 5.44 Å². The molecule has 0 aromatic rings. The highest BCUT2D eigenvalue weighted by molar-refractivity contribution is 6.62. The van der Waals surface area contributed by atoms with Crippen molar-refractivity contribution in [1.82, 2.24) is 0 Å². The molecule has 1 radical (unpaired) electrons. The molecule has 0 saturated carbocycles. The Morgan fingerprint density at radius 1 is 1.18 bits per heavy atom. The first kappa shape index (κ1) is 17.1. The van der Waals surface area contributed by atoms with Gasteiger partial charge < -0.3 is 5.73 Å². The topological polar surface area (TPSA) is 26.0 Å². The van der Waals surface area contributed by atoms with E-state index in [0.29, 0.717) is 11.2 Å². The van der Waals surface area contributed by atoms with Crippen molar-refractivity contribution in [3.05, 3.63) is 0 Å². The van der Waals surface area contributed by atoms with Crippen LogP contribution in [0.1, 0.15) is 54.9 Å². The summed E-state index contributed by atoms with van der Waals surface area (Å²) < 4.78 is 0. The Balaban J connectivity index is 4.29. The quantitative estimate of drug-likeness (QED) is 0.660. The summed E-state index contributed by atoms with van der Waals surface area (Å²) in [4.78, 5) is 0. The number of rotatable bonds is 7. The molecule has 0 heterocycles. The normalized spacial score (nSPS) is 17.4. The summed E-state index contributed by atoms with van der Waals surface area (Å²) in [5.74, 6) is 0.706. The third-order valence-electron chi connectivity index (χ3n) is 3.86. The molecule has 99 valence electrons. The molecule has 0 amide bonds. The summed E-state index contributed by atoms with van der Waals surface area (Å²) >= 11 is 0. The Morgan fingerprint density at radius 2 is 1.71 bits per heavy atom. The summed E-state index contributed by atoms with van der Waals surface area (Å²) in [6, 6.07) is 0. The Morgan fingerprint density at radius 3 is 2.06 bits per heavy atom. The van der Waals surface area contributed by atoms with E-state index in [9.17, 15) is 0 Å². The second-order valence-corrected chi connectivity index (χ2v) is 7.13. The second kappa shape index (κ2) is 6.87. The zero-order valence-corrected chi connectivity index (χ0v) is 13.1. The van der Waals surface area contributed by atoms with Gasteiger partial charge in [-0.05, 0) is 17.8 Å². The third kappa shape index (κ3) is 7.18. The molecule has 2 atom stereocenters. The van der Waals surface area contributed by atoms with Gasteiger partial charge in [0.1, 0.15) is 14.0 Å². The fourth-order valence-corrected chi connectivity index (χ4v) is 3.00. The Hall–Kier alpha value is 0.0899. The largest absolute Gasteiger partial charge is 0.333 e. The number of hydrogen-bond acceptors (Lipinski definition) is 1. The van der Waals surface area contributed by atoms with E-state index in [4.69, 9.17) is 5.73 Å². The molecule has 1 nitrogen and oxygen atoms in total. The van der Waals surface area contributed by atoms with Crippen LogP contribution in [0.5, 0.6) is 0 Å². The Kier molecular flexibility index (Phi) is 6.91. The first-order valence-corrected chi connectivity index (χ1v) is 7.25. The van der Waals surface area contributed by atoms with E-state index in [0.717, 1.165) is 19.5 Å². The first-order chi connectivity index (χ1) is 7.62. The molecular weight excluding hydrogens is 204 g/mol. The van der Waals surface area contributed by atoms with Gasteiger partial charge in [-0.1, -0.05) is 72.7 Å². The zero-order chi connectivity index (χ0) is 13.7. The van der Waals surface area contributed by atoms with Gasteiger partial charge >= 0.3 is 0 Å². The Bertz CT molecular complexity index is 209. The van der Waals surface area contributed by atoms with Crippen molar-refractivity contribution >= 4 is 14.0 Å². The van der Waals surface area contributed by atoms with Gasteiger partial charge in [-0.15, -0.1) is 0 Å². The summed E-state index contributed by atoms with van der Waals surface area (Å²) in [6.07, 6.45) is 4.74. The van der Waals surface area contributed by atoms with Crippen molar-refractivity contribution in [2.75, 3.05) is 0 Å². The van der Waals surface area contributed by atoms with Crippen LogP contribution in [0.15, 0.2) is 0 Å². The van der Waals surface area contributed by atoms with E-state index < -0.39 is 0 Å². The minimum absolute atomic E-state index is 0.0929. The fourth-order valence-electron chi connectivity index (χ4n) is 3.00. The molecule has 0 aliphatic carbocycles. The molecule has 17 heavy (non-hydrogen) atoms. The molecule has 0 aliphatic rings. The van der Waals surface area contributed by atoms with Gasteiger partial charge in [0.2, 0.25) is 0 Å². The summed E-state index contributed by atoms with van der Waals surface area (Å²) in [7, 11) is 2.25. The van der Waals surface area contributed by atoms with Crippen LogP contribution in [0.4, 0.5) is 0 Å². The van der Waals surface area contributed by atoms with Gasteiger partial charge in [0, 0.05) is 0 Å². The highest BCUT2D eigenvalue weighted by Crippen LogP contribution is 2.34. The van der Waals surface area contributed by atoms with Gasteiger partial charge in [0.15, 0.2) is 0 Å². The van der Waals surface area contributed by atoms with Crippen molar-refractivity contribution in [1.29, 1.82) is 0 Å². The average Bonchev–Trinajstić information content (AvgIpc) is 2.11. The molecule has 3 heteroatoms. The molecule has 0 bridgehead atoms. The molecule has 0 rings (SSSR count). The average molecular weight is 236 g/mol. The molecule has 0 saturated heterocycles. The minimum Gasteiger partial charge on any atom is -0.333 e. The fraction of sp³-hybridized carbons (Fsp3) is 1.00. The van der Waals surface area contributed by atoms with E-state index in [2.05, 4.69) is 55.7 Å². The highest BCUT2D eigenvalue weighted by Gasteiger charge is 2.30. The monoisotopic (exact) mass is 236 g/mol. The lowest BCUT2D eigenvalue weighted by atomic mass is 9.30. The van der Waals surface area contributed by atoms with Crippen LogP contribution in [0, 0.1) is 5.92 Å². The van der Waals surface area contributed by atoms with Gasteiger partial charge in [-0.25, -0.2) is 0 Å². The predicted octanol–water partition coefficient (Wildman–Crippen LogP) is 4.14. The van der Waals surface area contributed by atoms with Gasteiger partial charge in [-0.2, -0.15) is 0 Å². The smallest absolute Gasteiger partial charge is 0.145 e. The summed E-state index contributed by atoms with van der Waals surface area (Å²) in [5.41, 5.74) is 6.21.